The molecule has 9 aromatic rings. The van der Waals surface area contributed by atoms with Crippen molar-refractivity contribution in [2.24, 2.45) is 0 Å². The number of amides is 3. The van der Waals surface area contributed by atoms with E-state index in [9.17, 15) is 14.4 Å². The summed E-state index contributed by atoms with van der Waals surface area (Å²) in [6, 6.07) is 15.8. The number of hydrogen-bond acceptors (Lipinski definition) is 14. The summed E-state index contributed by atoms with van der Waals surface area (Å²) < 4.78 is 9.64. The number of aryl methyl sites for hydroxylation is 3. The molecule has 3 saturated carbocycles. The van der Waals surface area contributed by atoms with Gasteiger partial charge in [-0.25, -0.2) is 9.88 Å². The number of nitrogens with one attached hydrogen (secondary N) is 5. The molecule has 0 atom stereocenters. The van der Waals surface area contributed by atoms with E-state index in [0.717, 1.165) is 193 Å². The molecule has 566 valence electrons. The number of rotatable bonds is 27. The number of nitrogens with zero attached hydrogens (tertiary/aromatic N) is 12. The number of aromatic nitrogens is 8. The zero-order valence-electron chi connectivity index (χ0n) is 64.2. The van der Waals surface area contributed by atoms with Crippen molar-refractivity contribution in [2.45, 2.75) is 208 Å². The number of anilines is 3. The lowest BCUT2D eigenvalue weighted by molar-refractivity contribution is -0.718. The van der Waals surface area contributed by atoms with Gasteiger partial charge in [-0.05, 0) is 243 Å². The van der Waals surface area contributed by atoms with Crippen molar-refractivity contribution in [3.05, 3.63) is 160 Å². The second-order valence-electron chi connectivity index (χ2n) is 29.9. The molecule has 4 aromatic carbocycles. The van der Waals surface area contributed by atoms with Crippen LogP contribution in [0.5, 0.6) is 5.88 Å². The Kier molecular flexibility index (Phi) is 24.8. The van der Waals surface area contributed by atoms with Gasteiger partial charge < -0.3 is 45.2 Å². The fourth-order valence-electron chi connectivity index (χ4n) is 17.6. The average molecular weight is 1520 g/mol. The Morgan fingerprint density at radius 2 is 0.981 bits per heavy atom. The molecule has 0 radical (unpaired) electrons. The first-order valence-corrected chi connectivity index (χ1v) is 39.4. The zero-order chi connectivity index (χ0) is 75.5. The molecular weight excluding hydrogens is 1420 g/mol. The Hall–Kier alpha value is -7.76. The number of likely N-dealkylation sites (N-methyl/N-ethyl adjacent to an activating group) is 1. The molecule has 21 nitrogen and oxygen atoms in total. The minimum atomic E-state index is -0.231. The first-order chi connectivity index (χ1) is 50.9. The summed E-state index contributed by atoms with van der Waals surface area (Å²) in [6.07, 6.45) is 20.4. The summed E-state index contributed by atoms with van der Waals surface area (Å²) in [6.45, 7) is 23.1. The van der Waals surface area contributed by atoms with Gasteiger partial charge in [-0.1, -0.05) is 40.9 Å². The SMILES string of the molecule is CCN(c1cc(Cl)cc(C(=O)NCc2c(CCN(C)C3CCC(N(CC)c4cc(Cl)cc(C(=O)NCc5c(OC)nc(C)n6ccnc56)c4C)CC3)cc(C)c3cn[nH]c23)c1C)C1CCC(N(C)C[n+]2c(Cl)c(CNC(=O)c3cc(Cl)cc(N(CC)C4CCC(N(C)C)CC4)c3C)c3[nH]ncc3c2C)CC1. The normalized spacial score (nSPS) is 18.5. The van der Waals surface area contributed by atoms with E-state index in [1.54, 1.807) is 31.5 Å². The quantitative estimate of drug-likeness (QED) is 0.0240. The summed E-state index contributed by atoms with van der Waals surface area (Å²) in [4.78, 5) is 66.7. The summed E-state index contributed by atoms with van der Waals surface area (Å²) in [5.41, 5.74) is 15.5. The van der Waals surface area contributed by atoms with Crippen molar-refractivity contribution in [2.75, 3.05) is 76.2 Å². The van der Waals surface area contributed by atoms with Gasteiger partial charge in [0, 0.05) is 148 Å². The van der Waals surface area contributed by atoms with E-state index in [2.05, 4.69) is 149 Å². The minimum absolute atomic E-state index is 0.180. The number of benzene rings is 4. The summed E-state index contributed by atoms with van der Waals surface area (Å²) in [5, 5.41) is 29.2. The maximum atomic E-state index is 14.7. The molecule has 0 bridgehead atoms. The third-order valence-corrected chi connectivity index (χ3v) is 24.8. The van der Waals surface area contributed by atoms with Gasteiger partial charge >= 0.3 is 0 Å². The monoisotopic (exact) mass is 1520 g/mol. The van der Waals surface area contributed by atoms with Crippen molar-refractivity contribution in [1.29, 1.82) is 0 Å². The fraction of sp³-hybridized carbons (Fsp3) is 0.506. The Morgan fingerprint density at radius 3 is 1.44 bits per heavy atom. The molecule has 3 fully saturated rings. The van der Waals surface area contributed by atoms with Gasteiger partial charge in [-0.3, -0.25) is 29.0 Å². The van der Waals surface area contributed by atoms with Crippen LogP contribution in [0.15, 0.2) is 67.3 Å². The number of carbonyl (C=O) groups excluding carboxylic acids is 3. The van der Waals surface area contributed by atoms with Crippen molar-refractivity contribution in [3.8, 4) is 5.88 Å². The van der Waals surface area contributed by atoms with Crippen LogP contribution in [0.3, 0.4) is 0 Å². The third-order valence-electron chi connectivity index (χ3n) is 23.7. The lowest BCUT2D eigenvalue weighted by Gasteiger charge is -2.41. The highest BCUT2D eigenvalue weighted by atomic mass is 35.5. The number of imidazole rings is 1. The van der Waals surface area contributed by atoms with Crippen LogP contribution in [0.25, 0.3) is 27.5 Å². The molecule has 0 unspecified atom stereocenters. The number of halogens is 4. The largest absolute Gasteiger partial charge is 0.481 e. The van der Waals surface area contributed by atoms with Crippen LogP contribution < -0.4 is 40.0 Å². The van der Waals surface area contributed by atoms with Gasteiger partial charge in [0.25, 0.3) is 22.9 Å². The standard InChI is InChI=1S/C81H105Cl4N17O4/c1-15-98(60-24-18-57(19-25-60)95(10)11)71-38-55(83)36-64(49(71)6)79(104)88-42-69-75-67(45-91-94-75)51(8)102(76(69)85)46-97(13)59-22-28-62(29-23-59)100(17-3)72-39-54(82)35-63(48(72)5)78(103)87-41-68-53(34-47(4)66-44-90-93-74(66)68)30-32-96(12)58-20-26-61(27-21-58)99(16-2)73-40-56(84)37-65(50(73)7)80(105)89-43-70-77-86-31-33-101(77)52(9)92-81(70)106-14/h31,33-40,44-45,57-62H,15-30,32,41-43,46H2,1-14H3,(H4,87,88,89,90,93,103,104,105)/p+1. The second-order valence-corrected chi connectivity index (χ2v) is 31.5. The van der Waals surface area contributed by atoms with Crippen molar-refractivity contribution < 1.29 is 23.7 Å². The minimum Gasteiger partial charge on any atom is -0.481 e. The molecule has 0 spiro atoms. The van der Waals surface area contributed by atoms with Gasteiger partial charge in [0.15, 0.2) is 5.69 Å². The lowest BCUT2D eigenvalue weighted by Crippen LogP contribution is -2.51. The van der Waals surface area contributed by atoms with Crippen LogP contribution in [-0.2, 0) is 32.7 Å². The smallest absolute Gasteiger partial charge is 0.283 e. The highest BCUT2D eigenvalue weighted by Crippen LogP contribution is 2.40. The van der Waals surface area contributed by atoms with E-state index in [1.165, 1.54) is 5.56 Å². The topological polar surface area (TPSA) is 207 Å². The number of carbonyl (C=O) groups is 3. The number of H-pyrrole nitrogens is 2. The van der Waals surface area contributed by atoms with E-state index in [4.69, 9.17) is 51.1 Å². The van der Waals surface area contributed by atoms with Gasteiger partial charge in [0.2, 0.25) is 12.5 Å². The van der Waals surface area contributed by atoms with Crippen LogP contribution in [0.1, 0.15) is 185 Å². The number of fused-ring (bicyclic) bond motifs is 3. The zero-order valence-corrected chi connectivity index (χ0v) is 67.2. The number of methoxy groups -OCH3 is 1. The van der Waals surface area contributed by atoms with Gasteiger partial charge in [0.1, 0.15) is 11.5 Å². The predicted octanol–water partition coefficient (Wildman–Crippen LogP) is 14.8. The number of aromatic amines is 2. The third kappa shape index (κ3) is 16.2. The van der Waals surface area contributed by atoms with Gasteiger partial charge in [-0.2, -0.15) is 19.7 Å². The first-order valence-electron chi connectivity index (χ1n) is 37.9. The Morgan fingerprint density at radius 1 is 0.557 bits per heavy atom. The molecular formula is C81H106Cl4N17O4+. The molecule has 0 saturated heterocycles. The molecule has 12 rings (SSSR count). The van der Waals surface area contributed by atoms with Crippen LogP contribution in [-0.4, -0.2) is 165 Å². The van der Waals surface area contributed by atoms with Crippen molar-refractivity contribution >= 4 is 109 Å². The van der Waals surface area contributed by atoms with Gasteiger partial charge in [-0.15, -0.1) is 0 Å². The Bertz CT molecular complexity index is 4680. The molecule has 5 N–H and O–H groups in total. The maximum absolute atomic E-state index is 14.7. The van der Waals surface area contributed by atoms with Crippen molar-refractivity contribution in [1.82, 2.24) is 65.4 Å². The number of hydrogen-bond donors (Lipinski definition) is 5. The molecule has 0 aliphatic heterocycles. The van der Waals surface area contributed by atoms with Gasteiger partial charge in [0.05, 0.1) is 60.1 Å². The number of ether oxygens (including phenoxy) is 1. The van der Waals surface area contributed by atoms with Crippen molar-refractivity contribution in [3.63, 3.8) is 0 Å². The number of pyridine rings is 1. The molecule has 5 aromatic heterocycles. The molecule has 5 heterocycles. The Balaban J connectivity index is 0.657. The highest BCUT2D eigenvalue weighted by molar-refractivity contribution is 6.32. The van der Waals surface area contributed by atoms with Crippen LogP contribution >= 0.6 is 46.4 Å². The molecule has 106 heavy (non-hydrogen) atoms. The van der Waals surface area contributed by atoms with Crippen LogP contribution in [0.2, 0.25) is 20.2 Å². The Labute approximate surface area is 644 Å². The van der Waals surface area contributed by atoms with E-state index < -0.39 is 0 Å². The second kappa shape index (κ2) is 33.8. The lowest BCUT2D eigenvalue weighted by atomic mass is 9.88. The first kappa shape index (κ1) is 77.8. The predicted molar refractivity (Wildman–Crippen MR) is 428 cm³/mol. The van der Waals surface area contributed by atoms with E-state index >= 15 is 0 Å². The molecule has 25 heteroatoms. The van der Waals surface area contributed by atoms with E-state index in [0.29, 0.717) is 85.3 Å². The van der Waals surface area contributed by atoms with Crippen LogP contribution in [0, 0.1) is 41.5 Å². The highest BCUT2D eigenvalue weighted by Gasteiger charge is 2.36. The summed E-state index contributed by atoms with van der Waals surface area (Å²) in [5.74, 6) is 0.543. The maximum Gasteiger partial charge on any atom is 0.283 e. The fourth-order valence-corrected chi connectivity index (χ4v) is 18.5. The molecule has 3 aliphatic carbocycles. The van der Waals surface area contributed by atoms with Crippen LogP contribution in [0.4, 0.5) is 17.1 Å². The molecule has 3 amide bonds. The summed E-state index contributed by atoms with van der Waals surface area (Å²) in [7, 11) is 10.3. The average Bonchev–Trinajstić information content (AvgIpc) is 1.57. The van der Waals surface area contributed by atoms with E-state index in [-0.39, 0.29) is 48.9 Å². The molecule has 3 aliphatic rings. The summed E-state index contributed by atoms with van der Waals surface area (Å²) >= 11 is 28.2. The van der Waals surface area contributed by atoms with E-state index in [1.807, 2.05) is 68.9 Å².